The van der Waals surface area contributed by atoms with Crippen molar-refractivity contribution in [3.8, 4) is 0 Å². The minimum Gasteiger partial charge on any atom is -0.380 e. The molecule has 0 aromatic heterocycles. The molecule has 1 fully saturated rings. The zero-order chi connectivity index (χ0) is 10.4. The van der Waals surface area contributed by atoms with Gasteiger partial charge in [0.1, 0.15) is 0 Å². The maximum absolute atomic E-state index is 5.46. The third-order valence-corrected chi connectivity index (χ3v) is 3.05. The summed E-state index contributed by atoms with van der Waals surface area (Å²) in [7, 11) is 2.06. The molecule has 3 heteroatoms. The Hall–Kier alpha value is -0.120. The molecule has 0 amide bonds. The Morgan fingerprint density at radius 3 is 3.00 bits per heavy atom. The van der Waals surface area contributed by atoms with Crippen LogP contribution in [0.1, 0.15) is 26.7 Å². The molecule has 1 heterocycles. The Labute approximate surface area is 87.8 Å². The summed E-state index contributed by atoms with van der Waals surface area (Å²) in [5, 5.41) is 3.36. The molecule has 3 nitrogen and oxygen atoms in total. The molecule has 1 N–H and O–H groups in total. The van der Waals surface area contributed by atoms with Gasteiger partial charge in [0.2, 0.25) is 0 Å². The molecule has 14 heavy (non-hydrogen) atoms. The van der Waals surface area contributed by atoms with E-state index in [0.717, 1.165) is 13.2 Å². The van der Waals surface area contributed by atoms with Gasteiger partial charge in [0.05, 0.1) is 6.61 Å². The lowest BCUT2D eigenvalue weighted by molar-refractivity contribution is 0.0570. The Morgan fingerprint density at radius 2 is 2.36 bits per heavy atom. The maximum atomic E-state index is 5.46. The van der Waals surface area contributed by atoms with Gasteiger partial charge in [-0.2, -0.15) is 0 Å². The van der Waals surface area contributed by atoms with Crippen molar-refractivity contribution < 1.29 is 4.74 Å². The highest BCUT2D eigenvalue weighted by Gasteiger charge is 2.22. The number of piperidine rings is 1. The number of nitrogens with zero attached hydrogens (tertiary/aromatic N) is 1. The van der Waals surface area contributed by atoms with Crippen LogP contribution in [0.5, 0.6) is 0 Å². The zero-order valence-electron chi connectivity index (χ0n) is 9.75. The molecule has 2 atom stereocenters. The predicted octanol–water partition coefficient (Wildman–Crippen LogP) is 1.10. The van der Waals surface area contributed by atoms with Crippen molar-refractivity contribution in [2.75, 3.05) is 33.4 Å². The lowest BCUT2D eigenvalue weighted by atomic mass is 10.0. The summed E-state index contributed by atoms with van der Waals surface area (Å²) >= 11 is 0. The monoisotopic (exact) mass is 200 g/mol. The first-order valence-electron chi connectivity index (χ1n) is 5.77. The van der Waals surface area contributed by atoms with E-state index in [0.29, 0.717) is 12.1 Å². The fraction of sp³-hybridized carbons (Fsp3) is 1.00. The summed E-state index contributed by atoms with van der Waals surface area (Å²) < 4.78 is 5.46. The zero-order valence-corrected chi connectivity index (χ0v) is 9.75. The summed E-state index contributed by atoms with van der Waals surface area (Å²) in [6.07, 6.45) is 2.62. The first-order chi connectivity index (χ1) is 6.77. The Bertz CT molecular complexity index is 152. The molecule has 0 aromatic carbocycles. The van der Waals surface area contributed by atoms with E-state index in [4.69, 9.17) is 4.74 Å². The molecule has 0 aromatic rings. The fourth-order valence-electron chi connectivity index (χ4n) is 2.04. The van der Waals surface area contributed by atoms with Crippen molar-refractivity contribution in [3.05, 3.63) is 0 Å². The number of ether oxygens (including phenoxy) is 1. The van der Waals surface area contributed by atoms with E-state index in [1.165, 1.54) is 25.9 Å². The van der Waals surface area contributed by atoms with Gasteiger partial charge in [0.15, 0.2) is 0 Å². The van der Waals surface area contributed by atoms with E-state index in [1.807, 2.05) is 0 Å². The van der Waals surface area contributed by atoms with Crippen LogP contribution in [-0.4, -0.2) is 50.3 Å². The van der Waals surface area contributed by atoms with Gasteiger partial charge in [-0.3, -0.25) is 4.90 Å². The average molecular weight is 200 g/mol. The third kappa shape index (κ3) is 3.56. The number of rotatable bonds is 5. The van der Waals surface area contributed by atoms with Gasteiger partial charge in [0.25, 0.3) is 0 Å². The lowest BCUT2D eigenvalue weighted by Crippen LogP contribution is -2.49. The second kappa shape index (κ2) is 6.38. The number of likely N-dealkylation sites (N-methyl/N-ethyl adjacent to an activating group) is 1. The molecule has 0 radical (unpaired) electrons. The third-order valence-electron chi connectivity index (χ3n) is 3.05. The van der Waals surface area contributed by atoms with E-state index in [1.54, 1.807) is 0 Å². The Morgan fingerprint density at radius 1 is 1.57 bits per heavy atom. The normalized spacial score (nSPS) is 26.4. The molecule has 1 aliphatic rings. The minimum atomic E-state index is 0.561. The Kier molecular flexibility index (Phi) is 5.45. The van der Waals surface area contributed by atoms with Crippen LogP contribution in [0.3, 0.4) is 0 Å². The van der Waals surface area contributed by atoms with Crippen LogP contribution in [0.25, 0.3) is 0 Å². The van der Waals surface area contributed by atoms with Crippen LogP contribution >= 0.6 is 0 Å². The predicted molar refractivity (Wildman–Crippen MR) is 59.6 cm³/mol. The molecule has 2 unspecified atom stereocenters. The van der Waals surface area contributed by atoms with Gasteiger partial charge in [-0.1, -0.05) is 0 Å². The summed E-state index contributed by atoms with van der Waals surface area (Å²) in [6, 6.07) is 1.24. The summed E-state index contributed by atoms with van der Waals surface area (Å²) in [5.41, 5.74) is 0. The standard InChI is InChI=1S/C11H24N2O/c1-4-14-9-10(2)13-7-5-6-11(8-13)12-3/h10-12H,4-9H2,1-3H3. The SMILES string of the molecule is CCOCC(C)N1CCCC(NC)C1. The molecule has 1 aliphatic heterocycles. The summed E-state index contributed by atoms with van der Waals surface area (Å²) in [4.78, 5) is 2.53. The number of hydrogen-bond acceptors (Lipinski definition) is 3. The lowest BCUT2D eigenvalue weighted by Gasteiger charge is -2.36. The molecular formula is C11H24N2O. The number of hydrogen-bond donors (Lipinski definition) is 1. The van der Waals surface area contributed by atoms with Gasteiger partial charge < -0.3 is 10.1 Å². The number of likely N-dealkylation sites (tertiary alicyclic amines) is 1. The van der Waals surface area contributed by atoms with Crippen LogP contribution in [0, 0.1) is 0 Å². The van der Waals surface area contributed by atoms with Gasteiger partial charge in [-0.05, 0) is 40.3 Å². The molecule has 0 saturated carbocycles. The van der Waals surface area contributed by atoms with Crippen molar-refractivity contribution in [3.63, 3.8) is 0 Å². The quantitative estimate of drug-likeness (QED) is 0.719. The van der Waals surface area contributed by atoms with Crippen molar-refractivity contribution in [2.45, 2.75) is 38.8 Å². The van der Waals surface area contributed by atoms with Crippen molar-refractivity contribution >= 4 is 0 Å². The van der Waals surface area contributed by atoms with Crippen LogP contribution in [0.2, 0.25) is 0 Å². The van der Waals surface area contributed by atoms with Crippen LogP contribution in [0.4, 0.5) is 0 Å². The molecule has 0 aliphatic carbocycles. The van der Waals surface area contributed by atoms with Crippen molar-refractivity contribution in [1.82, 2.24) is 10.2 Å². The van der Waals surface area contributed by atoms with Crippen molar-refractivity contribution in [1.29, 1.82) is 0 Å². The molecule has 1 rings (SSSR count). The topological polar surface area (TPSA) is 24.5 Å². The highest BCUT2D eigenvalue weighted by molar-refractivity contribution is 4.79. The number of nitrogens with one attached hydrogen (secondary N) is 1. The van der Waals surface area contributed by atoms with Crippen LogP contribution in [-0.2, 0) is 4.74 Å². The highest BCUT2D eigenvalue weighted by Crippen LogP contribution is 2.12. The summed E-state index contributed by atoms with van der Waals surface area (Å²) in [5.74, 6) is 0. The molecule has 1 saturated heterocycles. The van der Waals surface area contributed by atoms with Gasteiger partial charge in [-0.15, -0.1) is 0 Å². The van der Waals surface area contributed by atoms with E-state index in [-0.39, 0.29) is 0 Å². The fourth-order valence-corrected chi connectivity index (χ4v) is 2.04. The van der Waals surface area contributed by atoms with E-state index < -0.39 is 0 Å². The van der Waals surface area contributed by atoms with Crippen LogP contribution < -0.4 is 5.32 Å². The van der Waals surface area contributed by atoms with E-state index in [9.17, 15) is 0 Å². The van der Waals surface area contributed by atoms with E-state index in [2.05, 4.69) is 31.1 Å². The first-order valence-corrected chi connectivity index (χ1v) is 5.77. The highest BCUT2D eigenvalue weighted by atomic mass is 16.5. The maximum Gasteiger partial charge on any atom is 0.0619 e. The van der Waals surface area contributed by atoms with Gasteiger partial charge >= 0.3 is 0 Å². The molecular weight excluding hydrogens is 176 g/mol. The average Bonchev–Trinajstić information content (AvgIpc) is 2.26. The minimum absolute atomic E-state index is 0.561. The van der Waals surface area contributed by atoms with E-state index >= 15 is 0 Å². The Balaban J connectivity index is 2.27. The second-order valence-electron chi connectivity index (χ2n) is 4.13. The largest absolute Gasteiger partial charge is 0.380 e. The van der Waals surface area contributed by atoms with Gasteiger partial charge in [0, 0.05) is 25.2 Å². The molecule has 0 spiro atoms. The smallest absolute Gasteiger partial charge is 0.0619 e. The molecule has 84 valence electrons. The van der Waals surface area contributed by atoms with Gasteiger partial charge in [-0.25, -0.2) is 0 Å². The first kappa shape index (κ1) is 12.0. The summed E-state index contributed by atoms with van der Waals surface area (Å²) in [6.45, 7) is 8.41. The van der Waals surface area contributed by atoms with Crippen LogP contribution in [0.15, 0.2) is 0 Å². The molecule has 0 bridgehead atoms. The second-order valence-corrected chi connectivity index (χ2v) is 4.13. The van der Waals surface area contributed by atoms with Crippen molar-refractivity contribution in [2.24, 2.45) is 0 Å².